The highest BCUT2D eigenvalue weighted by Crippen LogP contribution is 2.38. The number of quaternary nitrogens is 1. The van der Waals surface area contributed by atoms with Crippen molar-refractivity contribution in [1.29, 1.82) is 0 Å². The van der Waals surface area contributed by atoms with Crippen molar-refractivity contribution in [3.05, 3.63) is 109 Å². The third-order valence-corrected chi connectivity index (χ3v) is 17.2. The largest absolute Gasteiger partial charge is 0.756 e. The zero-order chi connectivity index (χ0) is 65.5. The van der Waals surface area contributed by atoms with Gasteiger partial charge in [0, 0.05) is 12.8 Å². The predicted molar refractivity (Wildman–Crippen MR) is 388 cm³/mol. The minimum atomic E-state index is -4.65. The van der Waals surface area contributed by atoms with Gasteiger partial charge in [-0.25, -0.2) is 0 Å². The van der Waals surface area contributed by atoms with Gasteiger partial charge in [-0.2, -0.15) is 0 Å². The van der Waals surface area contributed by atoms with Crippen molar-refractivity contribution >= 4 is 19.8 Å². The SMILES string of the molecule is CC/C=C\C/C=C\C/C=C\C/C=C\C/C=C\C/C=C\CCCCCCCCC(=O)OC(COC(=O)CCCCCCCCCCCCCCCCCCCCCCCCCCCC/C=C\C/C=C\C/C=C\CCCCCCC)COP(=O)([O-])OCC[N+](C)(C)C. The summed E-state index contributed by atoms with van der Waals surface area (Å²) in [6, 6.07) is 0. The number of ether oxygens (including phenoxy) is 2. The Morgan fingerprint density at radius 2 is 0.633 bits per heavy atom. The zero-order valence-corrected chi connectivity index (χ0v) is 60.2. The van der Waals surface area contributed by atoms with E-state index < -0.39 is 26.5 Å². The van der Waals surface area contributed by atoms with E-state index in [-0.39, 0.29) is 32.0 Å². The van der Waals surface area contributed by atoms with Crippen LogP contribution in [0.4, 0.5) is 0 Å². The Hall–Kier alpha value is -3.33. The number of hydrogen-bond donors (Lipinski definition) is 0. The van der Waals surface area contributed by atoms with Crippen molar-refractivity contribution in [3.63, 3.8) is 0 Å². The van der Waals surface area contributed by atoms with Crippen LogP contribution in [-0.4, -0.2) is 70.0 Å². The van der Waals surface area contributed by atoms with E-state index in [1.165, 1.54) is 193 Å². The molecule has 0 aliphatic rings. The normalized spacial score (nSPS) is 13.7. The van der Waals surface area contributed by atoms with E-state index in [1.54, 1.807) is 0 Å². The highest BCUT2D eigenvalue weighted by molar-refractivity contribution is 7.45. The summed E-state index contributed by atoms with van der Waals surface area (Å²) in [6.07, 6.45) is 99.1. The van der Waals surface area contributed by atoms with Crippen LogP contribution < -0.4 is 4.89 Å². The molecule has 0 N–H and O–H groups in total. The molecule has 0 amide bonds. The Morgan fingerprint density at radius 3 is 0.944 bits per heavy atom. The highest BCUT2D eigenvalue weighted by atomic mass is 31.2. The molecule has 0 aliphatic heterocycles. The molecule has 0 saturated carbocycles. The molecule has 0 radical (unpaired) electrons. The first-order valence-corrected chi connectivity index (χ1v) is 39.1. The Morgan fingerprint density at radius 1 is 0.356 bits per heavy atom. The monoisotopic (exact) mass is 1280 g/mol. The maximum Gasteiger partial charge on any atom is 0.306 e. The first-order valence-electron chi connectivity index (χ1n) is 37.6. The van der Waals surface area contributed by atoms with Gasteiger partial charge in [-0.15, -0.1) is 0 Å². The first-order chi connectivity index (χ1) is 44.0. The van der Waals surface area contributed by atoms with Crippen LogP contribution in [0.1, 0.15) is 335 Å². The van der Waals surface area contributed by atoms with Crippen LogP contribution in [0.25, 0.3) is 0 Å². The maximum atomic E-state index is 12.9. The van der Waals surface area contributed by atoms with Crippen molar-refractivity contribution < 1.29 is 42.1 Å². The fraction of sp³-hybridized carbons (Fsp3) is 0.750. The third kappa shape index (κ3) is 73.7. The summed E-state index contributed by atoms with van der Waals surface area (Å²) >= 11 is 0. The molecule has 520 valence electrons. The Bertz CT molecular complexity index is 1890. The highest BCUT2D eigenvalue weighted by Gasteiger charge is 2.22. The number of likely N-dealkylation sites (N-methyl/N-ethyl adjacent to an activating group) is 1. The molecule has 0 aromatic rings. The Labute approximate surface area is 556 Å². The fourth-order valence-corrected chi connectivity index (χ4v) is 11.3. The quantitative estimate of drug-likeness (QED) is 0.0195. The molecule has 0 bridgehead atoms. The molecule has 0 aliphatic carbocycles. The van der Waals surface area contributed by atoms with Crippen molar-refractivity contribution in [2.24, 2.45) is 0 Å². The summed E-state index contributed by atoms with van der Waals surface area (Å²) in [5, 5.41) is 0. The van der Waals surface area contributed by atoms with Crippen LogP contribution >= 0.6 is 7.82 Å². The van der Waals surface area contributed by atoms with E-state index in [2.05, 4.69) is 123 Å². The molecule has 0 aromatic heterocycles. The molecule has 9 nitrogen and oxygen atoms in total. The number of phosphoric acid groups is 1. The van der Waals surface area contributed by atoms with Gasteiger partial charge < -0.3 is 27.9 Å². The maximum absolute atomic E-state index is 12.9. The van der Waals surface area contributed by atoms with Crippen LogP contribution in [0.15, 0.2) is 109 Å². The molecule has 2 atom stereocenters. The van der Waals surface area contributed by atoms with Gasteiger partial charge in [0.15, 0.2) is 6.10 Å². The number of unbranched alkanes of at least 4 members (excludes halogenated alkanes) is 37. The first kappa shape index (κ1) is 86.7. The van der Waals surface area contributed by atoms with Crippen molar-refractivity contribution in [1.82, 2.24) is 0 Å². The molecular formula is C80H142NO8P. The second kappa shape index (κ2) is 70.0. The lowest BCUT2D eigenvalue weighted by Crippen LogP contribution is -2.37. The minimum Gasteiger partial charge on any atom is -0.756 e. The van der Waals surface area contributed by atoms with Crippen LogP contribution in [0.3, 0.4) is 0 Å². The zero-order valence-electron chi connectivity index (χ0n) is 59.3. The van der Waals surface area contributed by atoms with Crippen LogP contribution in [0.2, 0.25) is 0 Å². The molecule has 2 unspecified atom stereocenters. The molecule has 0 spiro atoms. The molecule has 10 heteroatoms. The average molecular weight is 1280 g/mol. The summed E-state index contributed by atoms with van der Waals surface area (Å²) in [5.74, 6) is -0.843. The predicted octanol–water partition coefficient (Wildman–Crippen LogP) is 24.2. The lowest BCUT2D eigenvalue weighted by molar-refractivity contribution is -0.870. The van der Waals surface area contributed by atoms with Gasteiger partial charge in [0.05, 0.1) is 27.7 Å². The van der Waals surface area contributed by atoms with Gasteiger partial charge in [-0.05, 0) is 103 Å². The van der Waals surface area contributed by atoms with Gasteiger partial charge in [0.2, 0.25) is 0 Å². The number of carbonyl (C=O) groups excluding carboxylic acids is 2. The number of allylic oxidation sites excluding steroid dienone is 18. The van der Waals surface area contributed by atoms with E-state index in [1.807, 2.05) is 21.1 Å². The Balaban J connectivity index is 3.95. The van der Waals surface area contributed by atoms with E-state index in [0.29, 0.717) is 17.4 Å². The van der Waals surface area contributed by atoms with Crippen LogP contribution in [0.5, 0.6) is 0 Å². The lowest BCUT2D eigenvalue weighted by atomic mass is 10.0. The smallest absolute Gasteiger partial charge is 0.306 e. The average Bonchev–Trinajstić information content (AvgIpc) is 3.58. The number of esters is 2. The third-order valence-electron chi connectivity index (χ3n) is 16.3. The number of phosphoric ester groups is 1. The number of carbonyl (C=O) groups is 2. The van der Waals surface area contributed by atoms with Crippen LogP contribution in [-0.2, 0) is 32.7 Å². The van der Waals surface area contributed by atoms with Crippen molar-refractivity contribution in [2.75, 3.05) is 47.5 Å². The number of hydrogen-bond acceptors (Lipinski definition) is 8. The molecule has 0 heterocycles. The van der Waals surface area contributed by atoms with Gasteiger partial charge >= 0.3 is 11.9 Å². The molecule has 0 saturated heterocycles. The van der Waals surface area contributed by atoms with Gasteiger partial charge in [0.25, 0.3) is 7.82 Å². The molecule has 90 heavy (non-hydrogen) atoms. The second-order valence-corrected chi connectivity index (χ2v) is 27.7. The molecule has 0 aromatic carbocycles. The summed E-state index contributed by atoms with van der Waals surface area (Å²) < 4.78 is 34.3. The van der Waals surface area contributed by atoms with Crippen LogP contribution in [0, 0.1) is 0 Å². The van der Waals surface area contributed by atoms with Gasteiger partial charge in [-0.1, -0.05) is 329 Å². The summed E-state index contributed by atoms with van der Waals surface area (Å²) in [6.45, 7) is 4.12. The van der Waals surface area contributed by atoms with Crippen molar-refractivity contribution in [2.45, 2.75) is 341 Å². The van der Waals surface area contributed by atoms with E-state index in [4.69, 9.17) is 18.5 Å². The van der Waals surface area contributed by atoms with Crippen molar-refractivity contribution in [3.8, 4) is 0 Å². The Kier molecular flexibility index (Phi) is 67.4. The van der Waals surface area contributed by atoms with Gasteiger partial charge in [0.1, 0.15) is 19.8 Å². The molecule has 0 rings (SSSR count). The second-order valence-electron chi connectivity index (χ2n) is 26.3. The number of rotatable bonds is 69. The summed E-state index contributed by atoms with van der Waals surface area (Å²) in [4.78, 5) is 38.1. The topological polar surface area (TPSA) is 111 Å². The number of nitrogens with zero attached hydrogens (tertiary/aromatic N) is 1. The van der Waals surface area contributed by atoms with Gasteiger partial charge in [-0.3, -0.25) is 14.2 Å². The lowest BCUT2D eigenvalue weighted by Gasteiger charge is -2.28. The summed E-state index contributed by atoms with van der Waals surface area (Å²) in [5.41, 5.74) is 0. The fourth-order valence-electron chi connectivity index (χ4n) is 10.6. The molecule has 0 fully saturated rings. The standard InChI is InChI=1S/C80H142NO8P/c1-6-8-10-12-14-16-18-20-22-24-26-28-30-32-33-34-35-36-37-38-39-40-41-42-43-44-45-46-47-49-50-52-54-56-58-60-62-64-66-68-70-72-79(82)86-76-78(77-88-90(84,85)87-75-74-81(3,4)5)89-80(83)73-71-69-67-65-63-61-59-57-55-53-51-48-31-29-27-25-23-21-19-17-15-13-11-9-7-2/h9,11,15,17-18,20-21,23-24,26-27,29-30,32,48,51,55,57,78H,6-8,10,12-14,16,19,22,25,28,31,33-47,49-50,52-54,56,58-77H2,1-5H3/b11-9-,17-15-,20-18-,23-21-,26-24-,29-27-,32-30-,51-48-,57-55-. The molecular weight excluding hydrogens is 1130 g/mol. The van der Waals surface area contributed by atoms with E-state index >= 15 is 0 Å². The van der Waals surface area contributed by atoms with E-state index in [0.717, 1.165) is 109 Å². The summed E-state index contributed by atoms with van der Waals surface area (Å²) in [7, 11) is 1.15. The van der Waals surface area contributed by atoms with E-state index in [9.17, 15) is 19.0 Å². The minimum absolute atomic E-state index is 0.0374.